The lowest BCUT2D eigenvalue weighted by atomic mass is 10.0. The molecular weight excluding hydrogens is 184 g/mol. The van der Waals surface area contributed by atoms with E-state index in [-0.39, 0.29) is 11.8 Å². The van der Waals surface area contributed by atoms with Gasteiger partial charge in [-0.25, -0.2) is 0 Å². The monoisotopic (exact) mass is 200 g/mol. The lowest BCUT2D eigenvalue weighted by Crippen LogP contribution is -1.82. The summed E-state index contributed by atoms with van der Waals surface area (Å²) in [5.74, 6) is -0.0605. The van der Waals surface area contributed by atoms with Gasteiger partial charge in [-0.15, -0.1) is 0 Å². The molecule has 2 aromatic carbocycles. The van der Waals surface area contributed by atoms with E-state index in [2.05, 4.69) is 0 Å². The second kappa shape index (κ2) is 3.77. The van der Waals surface area contributed by atoms with Crippen molar-refractivity contribution in [1.29, 1.82) is 0 Å². The van der Waals surface area contributed by atoms with Gasteiger partial charge in [-0.05, 0) is 31.5 Å². The molecule has 0 amide bonds. The number of phenolic OH excluding ortho intramolecular Hbond substituents is 1. The lowest BCUT2D eigenvalue weighted by Gasteiger charge is -2.06. The first-order valence-corrected chi connectivity index (χ1v) is 4.87. The molecule has 0 aliphatic rings. The number of aromatic hydroxyl groups is 1. The molecule has 0 heterocycles. The standard InChI is InChI=1S/C14H14O/c1-10-4-3-5-12(8-10)13-9-11(2)6-7-14(13)15/h3-9,15H,1-2H3/i7D,8D. The van der Waals surface area contributed by atoms with E-state index in [1.807, 2.05) is 26.0 Å². The fourth-order valence-corrected chi connectivity index (χ4v) is 1.54. The topological polar surface area (TPSA) is 20.2 Å². The first-order chi connectivity index (χ1) is 8.00. The molecule has 15 heavy (non-hydrogen) atoms. The molecule has 0 saturated heterocycles. The van der Waals surface area contributed by atoms with Crippen molar-refractivity contribution in [2.45, 2.75) is 13.8 Å². The molecule has 0 saturated carbocycles. The van der Waals surface area contributed by atoms with Crippen LogP contribution in [0.25, 0.3) is 11.1 Å². The number of rotatable bonds is 1. The summed E-state index contributed by atoms with van der Waals surface area (Å²) in [6.07, 6.45) is 0. The van der Waals surface area contributed by atoms with Crippen molar-refractivity contribution >= 4 is 0 Å². The smallest absolute Gasteiger partial charge is 0.123 e. The van der Waals surface area contributed by atoms with Crippen molar-refractivity contribution in [2.75, 3.05) is 0 Å². The fraction of sp³-hybridized carbons (Fsp3) is 0.143. The summed E-state index contributed by atoms with van der Waals surface area (Å²) in [7, 11) is 0. The van der Waals surface area contributed by atoms with Gasteiger partial charge in [-0.1, -0.05) is 41.4 Å². The Morgan fingerprint density at radius 1 is 1.13 bits per heavy atom. The highest BCUT2D eigenvalue weighted by Gasteiger charge is 2.03. The predicted molar refractivity (Wildman–Crippen MR) is 63.0 cm³/mol. The third-order valence-corrected chi connectivity index (χ3v) is 2.29. The zero-order chi connectivity index (χ0) is 12.6. The number of aryl methyl sites for hydroxylation is 2. The highest BCUT2D eigenvalue weighted by atomic mass is 16.3. The first kappa shape index (κ1) is 7.52. The summed E-state index contributed by atoms with van der Waals surface area (Å²) >= 11 is 0. The van der Waals surface area contributed by atoms with E-state index < -0.39 is 0 Å². The summed E-state index contributed by atoms with van der Waals surface area (Å²) < 4.78 is 15.7. The largest absolute Gasteiger partial charge is 0.507 e. The van der Waals surface area contributed by atoms with E-state index in [1.54, 1.807) is 18.2 Å². The van der Waals surface area contributed by atoms with Crippen LogP contribution in [0, 0.1) is 13.8 Å². The molecule has 1 nitrogen and oxygen atoms in total. The maximum Gasteiger partial charge on any atom is 0.123 e. The van der Waals surface area contributed by atoms with Gasteiger partial charge < -0.3 is 5.11 Å². The van der Waals surface area contributed by atoms with Crippen LogP contribution in [0.1, 0.15) is 13.9 Å². The fourth-order valence-electron chi connectivity index (χ4n) is 1.54. The summed E-state index contributed by atoms with van der Waals surface area (Å²) in [4.78, 5) is 0. The number of hydrogen-bond acceptors (Lipinski definition) is 1. The molecule has 0 atom stereocenters. The summed E-state index contributed by atoms with van der Waals surface area (Å²) in [6, 6.07) is 9.42. The molecule has 0 fully saturated rings. The van der Waals surface area contributed by atoms with Crippen LogP contribution in [0.3, 0.4) is 0 Å². The molecule has 0 bridgehead atoms. The van der Waals surface area contributed by atoms with Crippen LogP contribution in [0.5, 0.6) is 5.75 Å². The van der Waals surface area contributed by atoms with E-state index in [0.717, 1.165) is 11.1 Å². The van der Waals surface area contributed by atoms with Gasteiger partial charge in [-0.2, -0.15) is 0 Å². The molecule has 0 aromatic heterocycles. The average molecular weight is 200 g/mol. The van der Waals surface area contributed by atoms with Crippen LogP contribution in [0.15, 0.2) is 42.4 Å². The van der Waals surface area contributed by atoms with Crippen LogP contribution in [0.2, 0.25) is 0 Å². The Morgan fingerprint density at radius 3 is 2.73 bits per heavy atom. The summed E-state index contributed by atoms with van der Waals surface area (Å²) in [6.45, 7) is 3.74. The second-order valence-electron chi connectivity index (χ2n) is 3.69. The van der Waals surface area contributed by atoms with E-state index in [4.69, 9.17) is 2.74 Å². The van der Waals surface area contributed by atoms with Gasteiger partial charge in [0, 0.05) is 5.56 Å². The minimum Gasteiger partial charge on any atom is -0.507 e. The van der Waals surface area contributed by atoms with Crippen molar-refractivity contribution in [3.63, 3.8) is 0 Å². The van der Waals surface area contributed by atoms with Gasteiger partial charge in [0.2, 0.25) is 0 Å². The van der Waals surface area contributed by atoms with Gasteiger partial charge >= 0.3 is 0 Å². The molecule has 2 rings (SSSR count). The number of hydrogen-bond donors (Lipinski definition) is 1. The van der Waals surface area contributed by atoms with Crippen LogP contribution >= 0.6 is 0 Å². The van der Waals surface area contributed by atoms with E-state index in [1.165, 1.54) is 0 Å². The molecule has 0 aliphatic carbocycles. The van der Waals surface area contributed by atoms with Crippen LogP contribution in [-0.2, 0) is 0 Å². The SMILES string of the molecule is [2H]c1cc(C)cc(-c2cccc(C)c2[2H])c1O. The molecule has 0 aliphatic heterocycles. The van der Waals surface area contributed by atoms with Crippen molar-refractivity contribution in [3.8, 4) is 16.9 Å². The quantitative estimate of drug-likeness (QED) is 0.744. The minimum atomic E-state index is -0.0605. The minimum absolute atomic E-state index is 0.0605. The van der Waals surface area contributed by atoms with Crippen molar-refractivity contribution in [1.82, 2.24) is 0 Å². The van der Waals surface area contributed by atoms with Crippen molar-refractivity contribution in [2.24, 2.45) is 0 Å². The number of benzene rings is 2. The van der Waals surface area contributed by atoms with Gasteiger partial charge in [-0.3, -0.25) is 0 Å². The van der Waals surface area contributed by atoms with Crippen molar-refractivity contribution in [3.05, 3.63) is 53.5 Å². The normalized spacial score (nSPS) is 12.1. The zero-order valence-corrected chi connectivity index (χ0v) is 8.83. The summed E-state index contributed by atoms with van der Waals surface area (Å²) in [5, 5.41) is 9.92. The van der Waals surface area contributed by atoms with Crippen LogP contribution < -0.4 is 0 Å². The Kier molecular flexibility index (Phi) is 1.89. The molecule has 1 heteroatoms. The van der Waals surface area contributed by atoms with Crippen LogP contribution in [0.4, 0.5) is 0 Å². The Labute approximate surface area is 92.8 Å². The molecule has 1 N–H and O–H groups in total. The van der Waals surface area contributed by atoms with E-state index >= 15 is 0 Å². The maximum absolute atomic E-state index is 9.92. The average Bonchev–Trinajstić information content (AvgIpc) is 2.27. The number of phenols is 1. The molecule has 0 unspecified atom stereocenters. The molecule has 0 radical (unpaired) electrons. The molecule has 0 spiro atoms. The molecular formula is C14H14O. The third kappa shape index (κ3) is 2.01. The van der Waals surface area contributed by atoms with E-state index in [9.17, 15) is 5.11 Å². The predicted octanol–water partition coefficient (Wildman–Crippen LogP) is 3.68. The van der Waals surface area contributed by atoms with Gasteiger partial charge in [0.15, 0.2) is 0 Å². The molecule has 2 aromatic rings. The van der Waals surface area contributed by atoms with Gasteiger partial charge in [0.25, 0.3) is 0 Å². The molecule has 76 valence electrons. The highest BCUT2D eigenvalue weighted by Crippen LogP contribution is 2.30. The van der Waals surface area contributed by atoms with Crippen molar-refractivity contribution < 1.29 is 7.85 Å². The maximum atomic E-state index is 9.92. The Bertz CT molecular complexity index is 577. The Hall–Kier alpha value is -1.76. The van der Waals surface area contributed by atoms with E-state index in [0.29, 0.717) is 17.2 Å². The van der Waals surface area contributed by atoms with Crippen LogP contribution in [-0.4, -0.2) is 5.11 Å². The highest BCUT2D eigenvalue weighted by molar-refractivity contribution is 5.71. The third-order valence-electron chi connectivity index (χ3n) is 2.29. The van der Waals surface area contributed by atoms with Gasteiger partial charge in [0.05, 0.1) is 2.74 Å². The Morgan fingerprint density at radius 2 is 1.93 bits per heavy atom. The van der Waals surface area contributed by atoms with Gasteiger partial charge in [0.1, 0.15) is 5.75 Å². The zero-order valence-electron chi connectivity index (χ0n) is 10.8. The lowest BCUT2D eigenvalue weighted by molar-refractivity contribution is 0.477. The Balaban J connectivity index is 2.73. The summed E-state index contributed by atoms with van der Waals surface area (Å²) in [5.41, 5.74) is 2.99. The second-order valence-corrected chi connectivity index (χ2v) is 3.69. The first-order valence-electron chi connectivity index (χ1n) is 5.87.